The highest BCUT2D eigenvalue weighted by Crippen LogP contribution is 2.22. The van der Waals surface area contributed by atoms with E-state index in [0.717, 1.165) is 19.2 Å². The molecule has 0 atom stereocenters. The van der Waals surface area contributed by atoms with E-state index in [1.807, 2.05) is 0 Å². The van der Waals surface area contributed by atoms with Crippen LogP contribution >= 0.6 is 0 Å². The second-order valence-electron chi connectivity index (χ2n) is 3.93. The lowest BCUT2D eigenvalue weighted by Gasteiger charge is -2.08. The van der Waals surface area contributed by atoms with Crippen molar-refractivity contribution in [2.45, 2.75) is 11.4 Å². The van der Waals surface area contributed by atoms with Gasteiger partial charge in [-0.1, -0.05) is 0 Å². The zero-order valence-corrected chi connectivity index (χ0v) is 11.7. The molecule has 0 fully saturated rings. The lowest BCUT2D eigenvalue weighted by molar-refractivity contribution is 0.0597. The second-order valence-corrected chi connectivity index (χ2v) is 5.69. The summed E-state index contributed by atoms with van der Waals surface area (Å²) in [4.78, 5) is 15.0. The van der Waals surface area contributed by atoms with Crippen LogP contribution in [0.2, 0.25) is 0 Å². The van der Waals surface area contributed by atoms with Gasteiger partial charge in [0.05, 0.1) is 18.6 Å². The predicted molar refractivity (Wildman–Crippen MR) is 69.9 cm³/mol. The summed E-state index contributed by atoms with van der Waals surface area (Å²) >= 11 is 0. The third-order valence-electron chi connectivity index (χ3n) is 2.58. The van der Waals surface area contributed by atoms with Gasteiger partial charge in [0.2, 0.25) is 10.0 Å². The van der Waals surface area contributed by atoms with E-state index in [9.17, 15) is 18.3 Å². The van der Waals surface area contributed by atoms with Gasteiger partial charge in [0, 0.05) is 0 Å². The Bertz CT molecular complexity index is 742. The lowest BCUT2D eigenvalue weighted by Crippen LogP contribution is -2.24. The zero-order valence-electron chi connectivity index (χ0n) is 10.9. The minimum absolute atomic E-state index is 0.0865. The molecule has 3 N–H and O–H groups in total. The number of rotatable bonds is 5. The van der Waals surface area contributed by atoms with Gasteiger partial charge in [0.25, 0.3) is 0 Å². The first-order valence-corrected chi connectivity index (χ1v) is 7.17. The molecule has 1 aromatic heterocycles. The van der Waals surface area contributed by atoms with Crippen LogP contribution in [0.1, 0.15) is 16.2 Å². The number of methoxy groups -OCH3 is 1. The Morgan fingerprint density at radius 3 is 2.86 bits per heavy atom. The van der Waals surface area contributed by atoms with E-state index in [1.165, 1.54) is 12.4 Å². The molecular weight excluding hydrogens is 300 g/mol. The van der Waals surface area contributed by atoms with Crippen molar-refractivity contribution in [3.8, 4) is 5.75 Å². The number of phenols is 1. The summed E-state index contributed by atoms with van der Waals surface area (Å²) in [5, 5.41) is 15.6. The maximum Gasteiger partial charge on any atom is 0.341 e. The molecular formula is C11H12N4O5S. The number of nitrogens with zero attached hydrogens (tertiary/aromatic N) is 2. The quantitative estimate of drug-likeness (QED) is 0.649. The number of carbonyl (C=O) groups is 1. The molecule has 0 saturated carbocycles. The first-order chi connectivity index (χ1) is 9.94. The highest BCUT2D eigenvalue weighted by atomic mass is 32.2. The number of hydrogen-bond acceptors (Lipinski definition) is 7. The third kappa shape index (κ3) is 3.35. The SMILES string of the molecule is COC(=O)c1cc(S(=O)(=O)NCc2ncn[nH]2)ccc1O. The molecule has 112 valence electrons. The minimum atomic E-state index is -3.87. The van der Waals surface area contributed by atoms with Crippen molar-refractivity contribution >= 4 is 16.0 Å². The monoisotopic (exact) mass is 312 g/mol. The van der Waals surface area contributed by atoms with E-state index in [4.69, 9.17) is 0 Å². The van der Waals surface area contributed by atoms with Gasteiger partial charge in [-0.05, 0) is 18.2 Å². The van der Waals surface area contributed by atoms with Crippen LogP contribution in [0.5, 0.6) is 5.75 Å². The number of hydrogen-bond donors (Lipinski definition) is 3. The maximum atomic E-state index is 12.1. The summed E-state index contributed by atoms with van der Waals surface area (Å²) < 4.78 is 30.9. The van der Waals surface area contributed by atoms with E-state index < -0.39 is 16.0 Å². The van der Waals surface area contributed by atoms with Crippen molar-refractivity contribution < 1.29 is 23.1 Å². The number of nitrogens with one attached hydrogen (secondary N) is 2. The fraction of sp³-hybridized carbons (Fsp3) is 0.182. The highest BCUT2D eigenvalue weighted by Gasteiger charge is 2.19. The predicted octanol–water partition coefficient (Wildman–Crippen LogP) is -0.225. The molecule has 21 heavy (non-hydrogen) atoms. The summed E-state index contributed by atoms with van der Waals surface area (Å²) in [7, 11) is -2.74. The molecule has 1 aromatic carbocycles. The number of ether oxygens (including phenoxy) is 1. The van der Waals surface area contributed by atoms with Crippen LogP contribution in [0, 0.1) is 0 Å². The van der Waals surface area contributed by atoms with Crippen LogP contribution < -0.4 is 4.72 Å². The maximum absolute atomic E-state index is 12.1. The van der Waals surface area contributed by atoms with Gasteiger partial charge in [0.15, 0.2) is 0 Å². The Kier molecular flexibility index (Phi) is 4.19. The number of phenolic OH excluding ortho intramolecular Hbond substituents is 1. The number of aromatic nitrogens is 3. The molecule has 0 amide bonds. The fourth-order valence-electron chi connectivity index (χ4n) is 1.52. The van der Waals surface area contributed by atoms with Crippen LogP contribution in [-0.2, 0) is 21.3 Å². The first kappa shape index (κ1) is 14.9. The zero-order chi connectivity index (χ0) is 15.5. The molecule has 0 saturated heterocycles. The van der Waals surface area contributed by atoms with Gasteiger partial charge in [-0.15, -0.1) is 0 Å². The molecule has 0 aliphatic carbocycles. The van der Waals surface area contributed by atoms with E-state index in [1.54, 1.807) is 0 Å². The third-order valence-corrected chi connectivity index (χ3v) is 3.98. The summed E-state index contributed by atoms with van der Waals surface area (Å²) in [5.41, 5.74) is -0.236. The standard InChI is InChI=1S/C11H12N4O5S/c1-20-11(17)8-4-7(2-3-9(8)16)21(18,19)14-5-10-12-6-13-15-10/h2-4,6,14,16H,5H2,1H3,(H,12,13,15). The van der Waals surface area contributed by atoms with Crippen molar-refractivity contribution in [2.24, 2.45) is 0 Å². The van der Waals surface area contributed by atoms with Crippen LogP contribution in [0.4, 0.5) is 0 Å². The number of sulfonamides is 1. The lowest BCUT2D eigenvalue weighted by atomic mass is 10.2. The number of esters is 1. The van der Waals surface area contributed by atoms with Crippen LogP contribution in [0.3, 0.4) is 0 Å². The second kappa shape index (κ2) is 5.89. The van der Waals surface area contributed by atoms with Crippen LogP contribution in [0.15, 0.2) is 29.4 Å². The van der Waals surface area contributed by atoms with Crippen molar-refractivity contribution in [3.05, 3.63) is 35.9 Å². The Morgan fingerprint density at radius 1 is 1.48 bits per heavy atom. The molecule has 0 aliphatic heterocycles. The Labute approximate surface area is 120 Å². The van der Waals surface area contributed by atoms with Crippen LogP contribution in [0.25, 0.3) is 0 Å². The van der Waals surface area contributed by atoms with E-state index in [-0.39, 0.29) is 22.8 Å². The van der Waals surface area contributed by atoms with Gasteiger partial charge in [-0.3, -0.25) is 5.10 Å². The largest absolute Gasteiger partial charge is 0.507 e. The number of benzene rings is 1. The van der Waals surface area contributed by atoms with Crippen LogP contribution in [-0.4, -0.2) is 41.8 Å². The molecule has 0 aliphatic rings. The van der Waals surface area contributed by atoms with Crippen molar-refractivity contribution in [2.75, 3.05) is 7.11 Å². The van der Waals surface area contributed by atoms with Gasteiger partial charge in [-0.2, -0.15) is 5.10 Å². The Morgan fingerprint density at radius 2 is 2.24 bits per heavy atom. The first-order valence-electron chi connectivity index (χ1n) is 5.69. The Hall–Kier alpha value is -2.46. The van der Waals surface area contributed by atoms with Gasteiger partial charge in [-0.25, -0.2) is 22.9 Å². The summed E-state index contributed by atoms with van der Waals surface area (Å²) in [6.45, 7) is -0.0865. The number of carbonyl (C=O) groups excluding carboxylic acids is 1. The molecule has 1 heterocycles. The molecule has 0 bridgehead atoms. The molecule has 10 heteroatoms. The molecule has 2 rings (SSSR count). The minimum Gasteiger partial charge on any atom is -0.507 e. The number of aromatic hydroxyl groups is 1. The van der Waals surface area contributed by atoms with Gasteiger partial charge in [0.1, 0.15) is 23.5 Å². The fourth-order valence-corrected chi connectivity index (χ4v) is 2.53. The molecule has 0 radical (unpaired) electrons. The van der Waals surface area contributed by atoms with E-state index >= 15 is 0 Å². The molecule has 2 aromatic rings. The highest BCUT2D eigenvalue weighted by molar-refractivity contribution is 7.89. The topological polar surface area (TPSA) is 134 Å². The van der Waals surface area contributed by atoms with Crippen molar-refractivity contribution in [1.29, 1.82) is 0 Å². The summed E-state index contributed by atoms with van der Waals surface area (Å²) in [5.74, 6) is -0.860. The Balaban J connectivity index is 2.25. The number of aromatic amines is 1. The summed E-state index contributed by atoms with van der Waals surface area (Å²) in [6.07, 6.45) is 1.25. The number of H-pyrrole nitrogens is 1. The van der Waals surface area contributed by atoms with Gasteiger partial charge < -0.3 is 9.84 Å². The normalized spacial score (nSPS) is 11.3. The molecule has 9 nitrogen and oxygen atoms in total. The average molecular weight is 312 g/mol. The van der Waals surface area contributed by atoms with E-state index in [0.29, 0.717) is 5.82 Å². The average Bonchev–Trinajstić information content (AvgIpc) is 2.98. The van der Waals surface area contributed by atoms with Crippen molar-refractivity contribution in [3.63, 3.8) is 0 Å². The van der Waals surface area contributed by atoms with E-state index in [2.05, 4.69) is 24.6 Å². The smallest absolute Gasteiger partial charge is 0.341 e. The molecule has 0 spiro atoms. The summed E-state index contributed by atoms with van der Waals surface area (Å²) in [6, 6.07) is 3.31. The molecule has 0 unspecified atom stereocenters. The van der Waals surface area contributed by atoms with Gasteiger partial charge >= 0.3 is 5.97 Å². The van der Waals surface area contributed by atoms with Crippen molar-refractivity contribution in [1.82, 2.24) is 19.9 Å².